The molecule has 0 aliphatic carbocycles. The van der Waals surface area contributed by atoms with Crippen LogP contribution in [0.2, 0.25) is 5.02 Å². The molecule has 22 heavy (non-hydrogen) atoms. The van der Waals surface area contributed by atoms with E-state index in [1.165, 1.54) is 11.8 Å². The van der Waals surface area contributed by atoms with Gasteiger partial charge in [-0.3, -0.25) is 4.79 Å². The molecular weight excluding hydrogens is 342 g/mol. The fraction of sp³-hybridized carbons (Fsp3) is 0.333. The van der Waals surface area contributed by atoms with Crippen molar-refractivity contribution in [2.45, 2.75) is 20.3 Å². The fourth-order valence-corrected chi connectivity index (χ4v) is 3.17. The fourth-order valence-electron chi connectivity index (χ4n) is 1.85. The van der Waals surface area contributed by atoms with Crippen molar-refractivity contribution in [2.75, 3.05) is 13.2 Å². The molecule has 4 nitrogen and oxygen atoms in total. The van der Waals surface area contributed by atoms with E-state index in [1.54, 1.807) is 12.1 Å². The summed E-state index contributed by atoms with van der Waals surface area (Å²) in [5.74, 6) is 0.906. The average Bonchev–Trinajstić information content (AvgIpc) is 2.76. The molecule has 2 rings (SSSR count). The number of rotatable bonds is 6. The van der Waals surface area contributed by atoms with Crippen LogP contribution < -0.4 is 14.8 Å². The summed E-state index contributed by atoms with van der Waals surface area (Å²) < 4.78 is 11.7. The molecule has 0 radical (unpaired) electrons. The van der Waals surface area contributed by atoms with Crippen LogP contribution in [-0.2, 0) is 4.79 Å². The zero-order valence-electron chi connectivity index (χ0n) is 12.3. The van der Waals surface area contributed by atoms with Crippen molar-refractivity contribution < 1.29 is 14.3 Å². The molecule has 0 unspecified atom stereocenters. The summed E-state index contributed by atoms with van der Waals surface area (Å²) in [6.07, 6.45) is 2.61. The van der Waals surface area contributed by atoms with Gasteiger partial charge in [0, 0.05) is 0 Å². The number of nitrogens with one attached hydrogen (secondary N) is 1. The van der Waals surface area contributed by atoms with E-state index >= 15 is 0 Å². The van der Waals surface area contributed by atoms with Crippen LogP contribution in [0.5, 0.6) is 11.5 Å². The Bertz CT molecular complexity index is 631. The maximum absolute atomic E-state index is 11.7. The minimum absolute atomic E-state index is 0.199. The van der Waals surface area contributed by atoms with Gasteiger partial charge in [-0.05, 0) is 37.1 Å². The van der Waals surface area contributed by atoms with Crippen LogP contribution in [0.1, 0.15) is 25.8 Å². The summed E-state index contributed by atoms with van der Waals surface area (Å²) >= 11 is 12.5. The Morgan fingerprint density at radius 3 is 2.73 bits per heavy atom. The molecule has 1 aliphatic heterocycles. The first-order valence-electron chi connectivity index (χ1n) is 6.89. The summed E-state index contributed by atoms with van der Waals surface area (Å²) in [5, 5.41) is 3.03. The standard InChI is InChI=1S/C15H16ClNO3S2/c1-3-5-20-13-10(16)6-9(7-11(13)19-4-2)8-12-14(18)17-15(21)22-12/h6-8H,3-5H2,1-2H3,(H,17,18,21)/b12-8-. The van der Waals surface area contributed by atoms with E-state index in [9.17, 15) is 4.79 Å². The molecule has 1 aliphatic rings. The van der Waals surface area contributed by atoms with Crippen LogP contribution in [0.25, 0.3) is 6.08 Å². The van der Waals surface area contributed by atoms with Gasteiger partial charge in [0.25, 0.3) is 5.91 Å². The minimum Gasteiger partial charge on any atom is -0.490 e. The number of halogens is 1. The van der Waals surface area contributed by atoms with Gasteiger partial charge in [0.1, 0.15) is 4.32 Å². The van der Waals surface area contributed by atoms with E-state index in [2.05, 4.69) is 5.32 Å². The molecule has 0 saturated carbocycles. The molecule has 1 aromatic rings. The monoisotopic (exact) mass is 357 g/mol. The van der Waals surface area contributed by atoms with Gasteiger partial charge in [-0.2, -0.15) is 0 Å². The first-order valence-corrected chi connectivity index (χ1v) is 8.49. The third-order valence-electron chi connectivity index (χ3n) is 2.72. The molecule has 1 heterocycles. The molecule has 1 N–H and O–H groups in total. The van der Waals surface area contributed by atoms with Crippen molar-refractivity contribution >= 4 is 51.9 Å². The van der Waals surface area contributed by atoms with Gasteiger partial charge in [0.15, 0.2) is 11.5 Å². The first kappa shape index (κ1) is 17.1. The lowest BCUT2D eigenvalue weighted by atomic mass is 10.2. The number of ether oxygens (including phenoxy) is 2. The number of thioether (sulfide) groups is 1. The smallest absolute Gasteiger partial charge is 0.263 e. The SMILES string of the molecule is CCCOc1c(Cl)cc(/C=C2\SC(=S)NC2=O)cc1OCC. The number of hydrogen-bond donors (Lipinski definition) is 1. The van der Waals surface area contributed by atoms with Gasteiger partial charge in [0.05, 0.1) is 23.1 Å². The molecule has 1 aromatic carbocycles. The van der Waals surface area contributed by atoms with Gasteiger partial charge in [-0.1, -0.05) is 42.5 Å². The molecule has 0 spiro atoms. The average molecular weight is 358 g/mol. The van der Waals surface area contributed by atoms with Gasteiger partial charge >= 0.3 is 0 Å². The summed E-state index contributed by atoms with van der Waals surface area (Å²) in [6, 6.07) is 3.56. The highest BCUT2D eigenvalue weighted by Crippen LogP contribution is 2.38. The van der Waals surface area contributed by atoms with E-state index in [1.807, 2.05) is 19.9 Å². The zero-order chi connectivity index (χ0) is 16.1. The number of hydrogen-bond acceptors (Lipinski definition) is 5. The van der Waals surface area contributed by atoms with Crippen molar-refractivity contribution in [3.63, 3.8) is 0 Å². The Labute approximate surface area is 144 Å². The molecule has 0 bridgehead atoms. The second-order valence-electron chi connectivity index (χ2n) is 4.46. The Morgan fingerprint density at radius 1 is 1.36 bits per heavy atom. The number of carbonyl (C=O) groups is 1. The van der Waals surface area contributed by atoms with E-state index < -0.39 is 0 Å². The zero-order valence-corrected chi connectivity index (χ0v) is 14.7. The maximum Gasteiger partial charge on any atom is 0.263 e. The molecular formula is C15H16ClNO3S2. The van der Waals surface area contributed by atoms with E-state index in [4.69, 9.17) is 33.3 Å². The number of thiocarbonyl (C=S) groups is 1. The molecule has 1 saturated heterocycles. The topological polar surface area (TPSA) is 47.6 Å². The van der Waals surface area contributed by atoms with Crippen molar-refractivity contribution in [3.8, 4) is 11.5 Å². The molecule has 1 amide bonds. The summed E-state index contributed by atoms with van der Waals surface area (Å²) in [7, 11) is 0. The van der Waals surface area contributed by atoms with Gasteiger partial charge in [-0.15, -0.1) is 0 Å². The lowest BCUT2D eigenvalue weighted by Crippen LogP contribution is -2.17. The summed E-state index contributed by atoms with van der Waals surface area (Å²) in [4.78, 5) is 12.2. The minimum atomic E-state index is -0.199. The van der Waals surface area contributed by atoms with Crippen molar-refractivity contribution in [1.82, 2.24) is 5.32 Å². The lowest BCUT2D eigenvalue weighted by molar-refractivity contribution is -0.115. The second-order valence-corrected chi connectivity index (χ2v) is 6.59. The van der Waals surface area contributed by atoms with E-state index in [-0.39, 0.29) is 5.91 Å². The highest BCUT2D eigenvalue weighted by molar-refractivity contribution is 8.26. The van der Waals surface area contributed by atoms with Crippen LogP contribution in [0.3, 0.4) is 0 Å². The van der Waals surface area contributed by atoms with Crippen molar-refractivity contribution in [1.29, 1.82) is 0 Å². The van der Waals surface area contributed by atoms with Crippen molar-refractivity contribution in [3.05, 3.63) is 27.6 Å². The van der Waals surface area contributed by atoms with Gasteiger partial charge in [0.2, 0.25) is 0 Å². The Morgan fingerprint density at radius 2 is 2.14 bits per heavy atom. The molecule has 0 aromatic heterocycles. The van der Waals surface area contributed by atoms with Crippen LogP contribution >= 0.6 is 35.6 Å². The predicted octanol–water partition coefficient (Wildman–Crippen LogP) is 4.02. The molecule has 0 atom stereocenters. The van der Waals surface area contributed by atoms with Crippen molar-refractivity contribution in [2.24, 2.45) is 0 Å². The Hall–Kier alpha value is -1.24. The molecule has 7 heteroatoms. The highest BCUT2D eigenvalue weighted by atomic mass is 35.5. The van der Waals surface area contributed by atoms with E-state index in [0.29, 0.717) is 39.0 Å². The summed E-state index contributed by atoms with van der Waals surface area (Å²) in [6.45, 7) is 4.97. The number of benzene rings is 1. The third-order valence-corrected chi connectivity index (χ3v) is 4.17. The largest absolute Gasteiger partial charge is 0.490 e. The molecule has 1 fully saturated rings. The van der Waals surface area contributed by atoms with E-state index in [0.717, 1.165) is 12.0 Å². The Balaban J connectivity index is 2.35. The summed E-state index contributed by atoms with van der Waals surface area (Å²) in [5.41, 5.74) is 0.764. The Kier molecular flexibility index (Phi) is 6.11. The van der Waals surface area contributed by atoms with Crippen LogP contribution in [-0.4, -0.2) is 23.4 Å². The molecule has 118 valence electrons. The predicted molar refractivity (Wildman–Crippen MR) is 94.7 cm³/mol. The number of amides is 1. The third kappa shape index (κ3) is 4.15. The van der Waals surface area contributed by atoms with Crippen LogP contribution in [0.15, 0.2) is 17.0 Å². The normalized spacial score (nSPS) is 16.0. The number of carbonyl (C=O) groups excluding carboxylic acids is 1. The van der Waals surface area contributed by atoms with Crippen LogP contribution in [0.4, 0.5) is 0 Å². The van der Waals surface area contributed by atoms with Gasteiger partial charge < -0.3 is 14.8 Å². The van der Waals surface area contributed by atoms with Gasteiger partial charge in [-0.25, -0.2) is 0 Å². The maximum atomic E-state index is 11.7. The highest BCUT2D eigenvalue weighted by Gasteiger charge is 2.22. The quantitative estimate of drug-likeness (QED) is 0.615. The van der Waals surface area contributed by atoms with Crippen LogP contribution in [0, 0.1) is 0 Å². The lowest BCUT2D eigenvalue weighted by Gasteiger charge is -2.14. The first-order chi connectivity index (χ1) is 10.5. The second kappa shape index (κ2) is 7.85.